The van der Waals surface area contributed by atoms with Crippen LogP contribution in [-0.4, -0.2) is 56.0 Å². The van der Waals surface area contributed by atoms with Gasteiger partial charge in [0.1, 0.15) is 0 Å². The topological polar surface area (TPSA) is 47.7 Å². The van der Waals surface area contributed by atoms with E-state index in [1.54, 1.807) is 0 Å². The Bertz CT molecular complexity index is 238. The molecule has 0 amide bonds. The van der Waals surface area contributed by atoms with E-state index in [4.69, 9.17) is 15.2 Å². The van der Waals surface area contributed by atoms with Gasteiger partial charge in [-0.15, -0.1) is 0 Å². The maximum absolute atomic E-state index is 6.54. The van der Waals surface area contributed by atoms with Gasteiger partial charge in [-0.05, 0) is 19.8 Å². The second-order valence-corrected chi connectivity index (χ2v) is 5.46. The molecular formula is C13H26N2O2. The summed E-state index contributed by atoms with van der Waals surface area (Å²) in [5.41, 5.74) is 6.62. The van der Waals surface area contributed by atoms with Crippen LogP contribution in [0, 0.1) is 5.92 Å². The average molecular weight is 242 g/mol. The van der Waals surface area contributed by atoms with Crippen LogP contribution in [0.15, 0.2) is 0 Å². The minimum atomic E-state index is 0.0855. The summed E-state index contributed by atoms with van der Waals surface area (Å²) >= 11 is 0. The van der Waals surface area contributed by atoms with E-state index >= 15 is 0 Å². The molecule has 0 bridgehead atoms. The Labute approximate surface area is 104 Å². The molecule has 0 radical (unpaired) electrons. The average Bonchev–Trinajstić information content (AvgIpc) is 2.92. The van der Waals surface area contributed by atoms with Crippen molar-refractivity contribution in [1.82, 2.24) is 4.90 Å². The van der Waals surface area contributed by atoms with E-state index in [0.29, 0.717) is 5.92 Å². The molecule has 4 heteroatoms. The Morgan fingerprint density at radius 1 is 1.29 bits per heavy atom. The lowest BCUT2D eigenvalue weighted by molar-refractivity contribution is -0.0352. The van der Waals surface area contributed by atoms with Crippen molar-refractivity contribution in [3.05, 3.63) is 0 Å². The van der Waals surface area contributed by atoms with Crippen LogP contribution in [0.1, 0.15) is 26.7 Å². The number of nitrogens with zero attached hydrogens (tertiary/aromatic N) is 1. The summed E-state index contributed by atoms with van der Waals surface area (Å²) in [4.78, 5) is 2.51. The maximum atomic E-state index is 6.54. The number of hydrogen-bond donors (Lipinski definition) is 1. The van der Waals surface area contributed by atoms with Crippen molar-refractivity contribution in [1.29, 1.82) is 0 Å². The highest BCUT2D eigenvalue weighted by Gasteiger charge is 2.41. The minimum Gasteiger partial charge on any atom is -0.381 e. The fourth-order valence-corrected chi connectivity index (χ4v) is 3.09. The smallest absolute Gasteiger partial charge is 0.0594 e. The van der Waals surface area contributed by atoms with Crippen LogP contribution < -0.4 is 5.73 Å². The van der Waals surface area contributed by atoms with Gasteiger partial charge in [-0.25, -0.2) is 0 Å². The molecule has 0 saturated carbocycles. The van der Waals surface area contributed by atoms with Gasteiger partial charge in [-0.1, -0.05) is 6.92 Å². The SMILES string of the molecule is CCC(C)(C(N)C1CCOC1)N1CCOCC1. The number of ether oxygens (including phenoxy) is 2. The van der Waals surface area contributed by atoms with E-state index in [1.807, 2.05) is 0 Å². The van der Waals surface area contributed by atoms with E-state index < -0.39 is 0 Å². The number of morpholine rings is 1. The Morgan fingerprint density at radius 3 is 2.53 bits per heavy atom. The van der Waals surface area contributed by atoms with Gasteiger partial charge in [-0.2, -0.15) is 0 Å². The van der Waals surface area contributed by atoms with Crippen molar-refractivity contribution in [2.24, 2.45) is 11.7 Å². The number of rotatable bonds is 4. The zero-order valence-corrected chi connectivity index (χ0v) is 11.2. The summed E-state index contributed by atoms with van der Waals surface area (Å²) in [7, 11) is 0. The molecule has 2 saturated heterocycles. The molecule has 0 spiro atoms. The van der Waals surface area contributed by atoms with Gasteiger partial charge in [0, 0.05) is 37.2 Å². The van der Waals surface area contributed by atoms with Crippen molar-refractivity contribution >= 4 is 0 Å². The van der Waals surface area contributed by atoms with Crippen molar-refractivity contribution in [2.75, 3.05) is 39.5 Å². The third-order valence-electron chi connectivity index (χ3n) is 4.64. The highest BCUT2D eigenvalue weighted by atomic mass is 16.5. The molecule has 3 atom stereocenters. The summed E-state index contributed by atoms with van der Waals surface area (Å²) in [6.45, 7) is 9.94. The summed E-state index contributed by atoms with van der Waals surface area (Å²) in [6.07, 6.45) is 2.20. The molecule has 100 valence electrons. The second-order valence-electron chi connectivity index (χ2n) is 5.46. The van der Waals surface area contributed by atoms with E-state index in [0.717, 1.165) is 52.4 Å². The number of hydrogen-bond acceptors (Lipinski definition) is 4. The summed E-state index contributed by atoms with van der Waals surface area (Å²) in [5.74, 6) is 0.516. The molecule has 17 heavy (non-hydrogen) atoms. The van der Waals surface area contributed by atoms with Crippen LogP contribution in [0.2, 0.25) is 0 Å². The van der Waals surface area contributed by atoms with E-state index in [-0.39, 0.29) is 11.6 Å². The third-order valence-corrected chi connectivity index (χ3v) is 4.64. The standard InChI is InChI=1S/C13H26N2O2/c1-3-13(2,15-5-8-16-9-6-15)12(14)11-4-7-17-10-11/h11-12H,3-10,14H2,1-2H3. The maximum Gasteiger partial charge on any atom is 0.0594 e. The first-order chi connectivity index (χ1) is 8.18. The van der Waals surface area contributed by atoms with E-state index in [1.165, 1.54) is 0 Å². The molecule has 0 aromatic heterocycles. The zero-order valence-electron chi connectivity index (χ0n) is 11.2. The van der Waals surface area contributed by atoms with Gasteiger partial charge in [-0.3, -0.25) is 4.90 Å². The fraction of sp³-hybridized carbons (Fsp3) is 1.00. The predicted octanol–water partition coefficient (Wildman–Crippen LogP) is 0.851. The predicted molar refractivity (Wildman–Crippen MR) is 68.0 cm³/mol. The molecule has 4 nitrogen and oxygen atoms in total. The van der Waals surface area contributed by atoms with Gasteiger partial charge in [0.05, 0.1) is 19.8 Å². The third kappa shape index (κ3) is 2.65. The summed E-state index contributed by atoms with van der Waals surface area (Å²) in [5, 5.41) is 0. The molecule has 2 aliphatic heterocycles. The van der Waals surface area contributed by atoms with Crippen LogP contribution in [0.5, 0.6) is 0 Å². The summed E-state index contributed by atoms with van der Waals surface area (Å²) < 4.78 is 10.9. The Hall–Kier alpha value is -0.160. The van der Waals surface area contributed by atoms with Gasteiger partial charge < -0.3 is 15.2 Å². The van der Waals surface area contributed by atoms with Crippen molar-refractivity contribution in [2.45, 2.75) is 38.3 Å². The van der Waals surface area contributed by atoms with Crippen molar-refractivity contribution in [3.8, 4) is 0 Å². The number of nitrogens with two attached hydrogens (primary N) is 1. The highest BCUT2D eigenvalue weighted by Crippen LogP contribution is 2.31. The first-order valence-corrected chi connectivity index (χ1v) is 6.84. The van der Waals surface area contributed by atoms with Crippen molar-refractivity contribution in [3.63, 3.8) is 0 Å². The second kappa shape index (κ2) is 5.65. The Balaban J connectivity index is 2.05. The molecule has 0 aromatic rings. The lowest BCUT2D eigenvalue weighted by atomic mass is 9.79. The van der Waals surface area contributed by atoms with Crippen LogP contribution in [-0.2, 0) is 9.47 Å². The quantitative estimate of drug-likeness (QED) is 0.794. The fourth-order valence-electron chi connectivity index (χ4n) is 3.09. The van der Waals surface area contributed by atoms with Crippen LogP contribution >= 0.6 is 0 Å². The van der Waals surface area contributed by atoms with Crippen LogP contribution in [0.25, 0.3) is 0 Å². The van der Waals surface area contributed by atoms with E-state index in [9.17, 15) is 0 Å². The normalized spacial score (nSPS) is 32.3. The van der Waals surface area contributed by atoms with E-state index in [2.05, 4.69) is 18.7 Å². The Kier molecular flexibility index (Phi) is 4.42. The molecule has 2 N–H and O–H groups in total. The first-order valence-electron chi connectivity index (χ1n) is 6.84. The van der Waals surface area contributed by atoms with Gasteiger partial charge >= 0.3 is 0 Å². The molecule has 3 unspecified atom stereocenters. The lowest BCUT2D eigenvalue weighted by Gasteiger charge is -2.48. The van der Waals surface area contributed by atoms with Crippen LogP contribution in [0.4, 0.5) is 0 Å². The largest absolute Gasteiger partial charge is 0.381 e. The van der Waals surface area contributed by atoms with Gasteiger partial charge in [0.15, 0.2) is 0 Å². The lowest BCUT2D eigenvalue weighted by Crippen LogP contribution is -2.62. The highest BCUT2D eigenvalue weighted by molar-refractivity contribution is 4.99. The van der Waals surface area contributed by atoms with Gasteiger partial charge in [0.2, 0.25) is 0 Å². The van der Waals surface area contributed by atoms with Crippen LogP contribution in [0.3, 0.4) is 0 Å². The molecule has 2 aliphatic rings. The monoisotopic (exact) mass is 242 g/mol. The molecule has 2 heterocycles. The molecular weight excluding hydrogens is 216 g/mol. The van der Waals surface area contributed by atoms with Gasteiger partial charge in [0.25, 0.3) is 0 Å². The molecule has 0 aliphatic carbocycles. The summed E-state index contributed by atoms with van der Waals surface area (Å²) in [6, 6.07) is 0.202. The molecule has 2 rings (SSSR count). The molecule has 0 aromatic carbocycles. The van der Waals surface area contributed by atoms with Crippen molar-refractivity contribution < 1.29 is 9.47 Å². The zero-order chi connectivity index (χ0) is 12.3. The minimum absolute atomic E-state index is 0.0855. The Morgan fingerprint density at radius 2 is 2.00 bits per heavy atom. The molecule has 2 fully saturated rings. The first kappa shape index (κ1) is 13.3.